The fourth-order valence-electron chi connectivity index (χ4n) is 3.81. The highest BCUT2D eigenvalue weighted by atomic mass is 19.1. The van der Waals surface area contributed by atoms with E-state index in [2.05, 4.69) is 0 Å². The third kappa shape index (κ3) is 3.09. The van der Waals surface area contributed by atoms with Gasteiger partial charge in [0.1, 0.15) is 5.82 Å². The molecule has 2 aliphatic rings. The Kier molecular flexibility index (Phi) is 4.13. The monoisotopic (exact) mass is 319 g/mol. The molecule has 1 saturated carbocycles. The van der Waals surface area contributed by atoms with Crippen molar-refractivity contribution in [3.63, 3.8) is 0 Å². The van der Waals surface area contributed by atoms with Gasteiger partial charge in [0.2, 0.25) is 5.91 Å². The zero-order chi connectivity index (χ0) is 16.6. The van der Waals surface area contributed by atoms with Gasteiger partial charge in [-0.15, -0.1) is 0 Å². The predicted octanol–water partition coefficient (Wildman–Crippen LogP) is 2.72. The van der Waals surface area contributed by atoms with E-state index in [1.165, 1.54) is 6.07 Å². The lowest BCUT2D eigenvalue weighted by Gasteiger charge is -2.34. The molecule has 2 unspecified atom stereocenters. The van der Waals surface area contributed by atoms with Crippen molar-refractivity contribution < 1.29 is 19.1 Å². The van der Waals surface area contributed by atoms with Gasteiger partial charge in [-0.2, -0.15) is 0 Å². The second kappa shape index (κ2) is 5.95. The quantitative estimate of drug-likeness (QED) is 0.928. The summed E-state index contributed by atoms with van der Waals surface area (Å²) in [6.45, 7) is 3.06. The minimum Gasteiger partial charge on any atom is -0.481 e. The van der Waals surface area contributed by atoms with E-state index in [4.69, 9.17) is 5.11 Å². The molecule has 23 heavy (non-hydrogen) atoms. The van der Waals surface area contributed by atoms with Gasteiger partial charge in [-0.3, -0.25) is 9.59 Å². The maximum absolute atomic E-state index is 13.7. The molecule has 1 aliphatic heterocycles. The molecule has 0 aromatic heterocycles. The highest BCUT2D eigenvalue weighted by Gasteiger charge is 2.59. The second-order valence-electron chi connectivity index (χ2n) is 6.98. The van der Waals surface area contributed by atoms with Crippen molar-refractivity contribution in [3.8, 4) is 0 Å². The van der Waals surface area contributed by atoms with Gasteiger partial charge in [0, 0.05) is 19.0 Å². The fourth-order valence-corrected chi connectivity index (χ4v) is 3.81. The molecule has 1 aromatic carbocycles. The summed E-state index contributed by atoms with van der Waals surface area (Å²) in [7, 11) is 0. The zero-order valence-corrected chi connectivity index (χ0v) is 13.3. The largest absolute Gasteiger partial charge is 0.481 e. The smallest absolute Gasteiger partial charge is 0.307 e. The second-order valence-corrected chi connectivity index (χ2v) is 6.98. The first kappa shape index (κ1) is 16.0. The highest BCUT2D eigenvalue weighted by Crippen LogP contribution is 2.59. The van der Waals surface area contributed by atoms with Crippen LogP contribution < -0.4 is 0 Å². The summed E-state index contributed by atoms with van der Waals surface area (Å²) >= 11 is 0. The Labute approximate surface area is 135 Å². The standard InChI is InChI=1S/C18H22FNO3/c1-12(10-13-4-2-3-5-15(13)19)16(21)20-8-6-18(7-9-20)11-14(18)17(22)23/h2-5,12,14H,6-11H2,1H3,(H,22,23). The molecular weight excluding hydrogens is 297 g/mol. The first-order valence-corrected chi connectivity index (χ1v) is 8.18. The molecule has 2 atom stereocenters. The van der Waals surface area contributed by atoms with Gasteiger partial charge in [-0.25, -0.2) is 4.39 Å². The molecule has 1 aromatic rings. The average Bonchev–Trinajstić information content (AvgIpc) is 3.23. The van der Waals surface area contributed by atoms with Crippen LogP contribution in [0.1, 0.15) is 31.7 Å². The van der Waals surface area contributed by atoms with Crippen LogP contribution in [0.4, 0.5) is 4.39 Å². The third-order valence-corrected chi connectivity index (χ3v) is 5.46. The normalized spacial score (nSPS) is 23.6. The molecule has 0 bridgehead atoms. The van der Waals surface area contributed by atoms with Gasteiger partial charge in [0.15, 0.2) is 0 Å². The van der Waals surface area contributed by atoms with Crippen LogP contribution in [0.5, 0.6) is 0 Å². The summed E-state index contributed by atoms with van der Waals surface area (Å²) < 4.78 is 13.7. The van der Waals surface area contributed by atoms with E-state index in [1.54, 1.807) is 18.2 Å². The van der Waals surface area contributed by atoms with E-state index in [0.29, 0.717) is 25.1 Å². The minimum atomic E-state index is -0.710. The number of carbonyl (C=O) groups is 2. The molecule has 5 heteroatoms. The lowest BCUT2D eigenvalue weighted by Crippen LogP contribution is -2.42. The lowest BCUT2D eigenvalue weighted by molar-refractivity contribution is -0.140. The van der Waals surface area contributed by atoms with Crippen LogP contribution in [-0.2, 0) is 16.0 Å². The summed E-state index contributed by atoms with van der Waals surface area (Å²) in [5.41, 5.74) is 0.493. The van der Waals surface area contributed by atoms with E-state index >= 15 is 0 Å². The number of benzene rings is 1. The topological polar surface area (TPSA) is 57.6 Å². The van der Waals surface area contributed by atoms with Crippen LogP contribution >= 0.6 is 0 Å². The van der Waals surface area contributed by atoms with Gasteiger partial charge >= 0.3 is 5.97 Å². The maximum Gasteiger partial charge on any atom is 0.307 e. The Morgan fingerprint density at radius 3 is 2.57 bits per heavy atom. The first-order chi connectivity index (χ1) is 10.9. The number of hydrogen-bond donors (Lipinski definition) is 1. The average molecular weight is 319 g/mol. The van der Waals surface area contributed by atoms with Gasteiger partial charge in [-0.05, 0) is 42.7 Å². The number of aliphatic carboxylic acids is 1. The molecule has 1 N–H and O–H groups in total. The van der Waals surface area contributed by atoms with Crippen molar-refractivity contribution in [2.45, 2.75) is 32.6 Å². The number of rotatable bonds is 4. The molecule has 1 spiro atoms. The number of likely N-dealkylation sites (tertiary alicyclic amines) is 1. The van der Waals surface area contributed by atoms with Gasteiger partial charge in [0.25, 0.3) is 0 Å². The maximum atomic E-state index is 13.7. The lowest BCUT2D eigenvalue weighted by atomic mass is 9.89. The van der Waals surface area contributed by atoms with Crippen LogP contribution in [0.25, 0.3) is 0 Å². The van der Waals surface area contributed by atoms with E-state index in [1.807, 2.05) is 11.8 Å². The van der Waals surface area contributed by atoms with Crippen molar-refractivity contribution >= 4 is 11.9 Å². The molecule has 1 heterocycles. The zero-order valence-electron chi connectivity index (χ0n) is 13.3. The number of carboxylic acid groups (broad SMARTS) is 1. The Morgan fingerprint density at radius 2 is 2.00 bits per heavy atom. The summed E-state index contributed by atoms with van der Waals surface area (Å²) in [5, 5.41) is 9.11. The van der Waals surface area contributed by atoms with E-state index in [0.717, 1.165) is 19.3 Å². The number of carbonyl (C=O) groups excluding carboxylic acids is 1. The Bertz CT molecular complexity index is 622. The van der Waals surface area contributed by atoms with Crippen molar-refractivity contribution in [3.05, 3.63) is 35.6 Å². The number of amides is 1. The van der Waals surface area contributed by atoms with Crippen LogP contribution in [0.15, 0.2) is 24.3 Å². The summed E-state index contributed by atoms with van der Waals surface area (Å²) in [6, 6.07) is 6.55. The number of hydrogen-bond acceptors (Lipinski definition) is 2. The van der Waals surface area contributed by atoms with Crippen molar-refractivity contribution in [1.29, 1.82) is 0 Å². The molecular formula is C18H22FNO3. The van der Waals surface area contributed by atoms with Crippen LogP contribution in [0, 0.1) is 23.1 Å². The molecule has 0 radical (unpaired) electrons. The molecule has 1 aliphatic carbocycles. The summed E-state index contributed by atoms with van der Waals surface area (Å²) in [4.78, 5) is 25.4. The van der Waals surface area contributed by atoms with Gasteiger partial charge in [-0.1, -0.05) is 25.1 Å². The predicted molar refractivity (Wildman–Crippen MR) is 83.3 cm³/mol. The Balaban J connectivity index is 1.55. The molecule has 4 nitrogen and oxygen atoms in total. The minimum absolute atomic E-state index is 0.0376. The summed E-state index contributed by atoms with van der Waals surface area (Å²) in [6.07, 6.45) is 2.67. The number of nitrogens with zero attached hydrogens (tertiary/aromatic N) is 1. The van der Waals surface area contributed by atoms with Crippen molar-refractivity contribution in [2.24, 2.45) is 17.3 Å². The highest BCUT2D eigenvalue weighted by molar-refractivity contribution is 5.79. The van der Waals surface area contributed by atoms with Gasteiger partial charge in [0.05, 0.1) is 5.92 Å². The van der Waals surface area contributed by atoms with Crippen LogP contribution in [0.2, 0.25) is 0 Å². The number of carboxylic acids is 1. The summed E-state index contributed by atoms with van der Waals surface area (Å²) in [5.74, 6) is -1.44. The van der Waals surface area contributed by atoms with E-state index < -0.39 is 5.97 Å². The van der Waals surface area contributed by atoms with E-state index in [9.17, 15) is 14.0 Å². The van der Waals surface area contributed by atoms with E-state index in [-0.39, 0.29) is 29.0 Å². The Morgan fingerprint density at radius 1 is 1.35 bits per heavy atom. The Hall–Kier alpha value is -1.91. The number of piperidine rings is 1. The SMILES string of the molecule is CC(Cc1ccccc1F)C(=O)N1CCC2(CC1)CC2C(=O)O. The molecule has 1 saturated heterocycles. The molecule has 2 fully saturated rings. The molecule has 124 valence electrons. The third-order valence-electron chi connectivity index (χ3n) is 5.46. The number of halogens is 1. The van der Waals surface area contributed by atoms with Crippen molar-refractivity contribution in [2.75, 3.05) is 13.1 Å². The fraction of sp³-hybridized carbons (Fsp3) is 0.556. The van der Waals surface area contributed by atoms with Crippen LogP contribution in [0.3, 0.4) is 0 Å². The van der Waals surface area contributed by atoms with Crippen molar-refractivity contribution in [1.82, 2.24) is 4.90 Å². The first-order valence-electron chi connectivity index (χ1n) is 8.18. The molecule has 1 amide bonds. The van der Waals surface area contributed by atoms with Crippen LogP contribution in [-0.4, -0.2) is 35.0 Å². The van der Waals surface area contributed by atoms with Gasteiger partial charge < -0.3 is 10.0 Å². The molecule has 3 rings (SSSR count).